The predicted molar refractivity (Wildman–Crippen MR) is 106 cm³/mol. The number of hydrogen-bond donors (Lipinski definition) is 1. The van der Waals surface area contributed by atoms with Gasteiger partial charge < -0.3 is 14.4 Å². The Morgan fingerprint density at radius 3 is 2.64 bits per heavy atom. The lowest BCUT2D eigenvalue weighted by Gasteiger charge is -2.38. The molecule has 148 valence electrons. The zero-order chi connectivity index (χ0) is 19.7. The van der Waals surface area contributed by atoms with Gasteiger partial charge in [0, 0.05) is 13.0 Å². The molecule has 1 saturated heterocycles. The molecule has 5 nitrogen and oxygen atoms in total. The van der Waals surface area contributed by atoms with Crippen LogP contribution in [0, 0.1) is 6.92 Å². The van der Waals surface area contributed by atoms with E-state index in [4.69, 9.17) is 4.42 Å². The first-order valence-electron chi connectivity index (χ1n) is 10.2. The van der Waals surface area contributed by atoms with Crippen LogP contribution in [0.3, 0.4) is 0 Å². The number of benzene rings is 1. The molecule has 2 aliphatic rings. The minimum atomic E-state index is -0.567. The van der Waals surface area contributed by atoms with Crippen molar-refractivity contribution in [3.05, 3.63) is 69.3 Å². The van der Waals surface area contributed by atoms with Gasteiger partial charge in [-0.15, -0.1) is 0 Å². The number of aryl methyl sites for hydroxylation is 3. The van der Waals surface area contributed by atoms with Gasteiger partial charge in [-0.25, -0.2) is 4.79 Å². The predicted octanol–water partition coefficient (Wildman–Crippen LogP) is 3.25. The fourth-order valence-electron chi connectivity index (χ4n) is 4.95. The largest absolute Gasteiger partial charge is 0.427 e. The van der Waals surface area contributed by atoms with Gasteiger partial charge in [0.25, 0.3) is 5.91 Å². The normalized spacial score (nSPS) is 24.2. The van der Waals surface area contributed by atoms with Crippen molar-refractivity contribution in [3.63, 3.8) is 0 Å². The van der Waals surface area contributed by atoms with E-state index in [1.165, 1.54) is 5.56 Å². The van der Waals surface area contributed by atoms with Crippen LogP contribution < -0.4 is 5.63 Å². The van der Waals surface area contributed by atoms with E-state index in [1.54, 1.807) is 11.8 Å². The van der Waals surface area contributed by atoms with Crippen LogP contribution in [0.25, 0.3) is 0 Å². The lowest BCUT2D eigenvalue weighted by molar-refractivity contribution is 0.0147. The summed E-state index contributed by atoms with van der Waals surface area (Å²) >= 11 is 0. The van der Waals surface area contributed by atoms with Gasteiger partial charge in [0.2, 0.25) is 0 Å². The molecular weight excluding hydrogens is 354 g/mol. The van der Waals surface area contributed by atoms with Gasteiger partial charge in [-0.3, -0.25) is 4.79 Å². The Kier molecular flexibility index (Phi) is 5.11. The van der Waals surface area contributed by atoms with Crippen LogP contribution in [-0.4, -0.2) is 34.1 Å². The molecule has 4 rings (SSSR count). The molecule has 1 aliphatic heterocycles. The molecular formula is C23H27NO4. The van der Waals surface area contributed by atoms with Crippen molar-refractivity contribution in [2.45, 2.75) is 63.5 Å². The summed E-state index contributed by atoms with van der Waals surface area (Å²) in [6.07, 6.45) is 4.99. The molecule has 28 heavy (non-hydrogen) atoms. The van der Waals surface area contributed by atoms with Gasteiger partial charge >= 0.3 is 5.63 Å². The molecule has 0 radical (unpaired) electrons. The second-order valence-electron chi connectivity index (χ2n) is 8.12. The zero-order valence-corrected chi connectivity index (χ0v) is 16.3. The van der Waals surface area contributed by atoms with Crippen molar-refractivity contribution in [1.82, 2.24) is 4.90 Å². The number of nitrogens with zero attached hydrogens (tertiary/aromatic N) is 1. The number of likely N-dealkylation sites (tertiary alicyclic amines) is 1. The highest BCUT2D eigenvalue weighted by Gasteiger charge is 2.51. The van der Waals surface area contributed by atoms with Crippen molar-refractivity contribution in [2.24, 2.45) is 0 Å². The van der Waals surface area contributed by atoms with E-state index in [9.17, 15) is 14.7 Å². The Morgan fingerprint density at radius 2 is 1.96 bits per heavy atom. The molecule has 1 saturated carbocycles. The number of carbonyl (C=O) groups excluding carboxylic acids is 1. The third kappa shape index (κ3) is 3.28. The summed E-state index contributed by atoms with van der Waals surface area (Å²) in [5.74, 6) is 0.305. The second kappa shape index (κ2) is 7.55. The average Bonchev–Trinajstić information content (AvgIpc) is 3.27. The summed E-state index contributed by atoms with van der Waals surface area (Å²) in [6, 6.07) is 11.8. The summed E-state index contributed by atoms with van der Waals surface area (Å²) in [6.45, 7) is 2.38. The molecule has 1 N–H and O–H groups in total. The maximum Gasteiger partial charge on any atom is 0.349 e. The standard InChI is InChI=1S/C23H27NO4/c1-16-15-18(11-10-17-7-3-2-4-8-17)28-22(27)20(16)21(26)24-14-6-13-23(24)12-5-9-19(23)25/h2-4,7-8,15,19,25H,5-6,9-14H2,1H3/t19-,23-/m1/s1. The molecule has 2 fully saturated rings. The first-order chi connectivity index (χ1) is 13.5. The minimum absolute atomic E-state index is 0.115. The Balaban J connectivity index is 1.56. The monoisotopic (exact) mass is 381 g/mol. The lowest BCUT2D eigenvalue weighted by atomic mass is 9.91. The molecule has 2 aromatic rings. The average molecular weight is 381 g/mol. The van der Waals surface area contributed by atoms with Gasteiger partial charge in [-0.05, 0) is 62.6 Å². The number of aliphatic hydroxyl groups is 1. The number of carbonyl (C=O) groups is 1. The molecule has 1 aromatic heterocycles. The number of rotatable bonds is 4. The van der Waals surface area contributed by atoms with Crippen molar-refractivity contribution in [3.8, 4) is 0 Å². The van der Waals surface area contributed by atoms with Crippen molar-refractivity contribution in [2.75, 3.05) is 6.54 Å². The smallest absolute Gasteiger partial charge is 0.349 e. The van der Waals surface area contributed by atoms with Crippen LogP contribution in [0.1, 0.15) is 59.3 Å². The molecule has 1 amide bonds. The van der Waals surface area contributed by atoms with E-state index in [1.807, 2.05) is 36.4 Å². The quantitative estimate of drug-likeness (QED) is 0.883. The fourth-order valence-corrected chi connectivity index (χ4v) is 4.95. The first-order valence-corrected chi connectivity index (χ1v) is 10.2. The number of amides is 1. The third-order valence-electron chi connectivity index (χ3n) is 6.40. The first kappa shape index (κ1) is 18.9. The number of hydrogen-bond acceptors (Lipinski definition) is 4. The van der Waals surface area contributed by atoms with Crippen LogP contribution in [0.4, 0.5) is 0 Å². The SMILES string of the molecule is Cc1cc(CCc2ccccc2)oc(=O)c1C(=O)N1CCC[C@@]12CCC[C@H]2O. The van der Waals surface area contributed by atoms with Gasteiger partial charge in [0.15, 0.2) is 0 Å². The highest BCUT2D eigenvalue weighted by molar-refractivity contribution is 5.96. The summed E-state index contributed by atoms with van der Waals surface area (Å²) in [4.78, 5) is 27.7. The molecule has 0 unspecified atom stereocenters. The van der Waals surface area contributed by atoms with Crippen LogP contribution in [0.5, 0.6) is 0 Å². The highest BCUT2D eigenvalue weighted by Crippen LogP contribution is 2.43. The van der Waals surface area contributed by atoms with E-state index in [-0.39, 0.29) is 11.5 Å². The molecule has 2 atom stereocenters. The van der Waals surface area contributed by atoms with Gasteiger partial charge in [0.05, 0.1) is 11.6 Å². The van der Waals surface area contributed by atoms with E-state index in [2.05, 4.69) is 0 Å². The van der Waals surface area contributed by atoms with E-state index in [0.717, 1.165) is 38.5 Å². The number of aliphatic hydroxyl groups excluding tert-OH is 1. The van der Waals surface area contributed by atoms with E-state index >= 15 is 0 Å². The Hall–Kier alpha value is -2.40. The summed E-state index contributed by atoms with van der Waals surface area (Å²) < 4.78 is 5.50. The van der Waals surface area contributed by atoms with Gasteiger partial charge in [-0.1, -0.05) is 30.3 Å². The van der Waals surface area contributed by atoms with Crippen molar-refractivity contribution in [1.29, 1.82) is 0 Å². The van der Waals surface area contributed by atoms with Crippen molar-refractivity contribution < 1.29 is 14.3 Å². The summed E-state index contributed by atoms with van der Waals surface area (Å²) in [5, 5.41) is 10.5. The molecule has 0 bridgehead atoms. The second-order valence-corrected chi connectivity index (χ2v) is 8.12. The topological polar surface area (TPSA) is 70.8 Å². The molecule has 5 heteroatoms. The lowest BCUT2D eigenvalue weighted by Crippen LogP contribution is -2.53. The Morgan fingerprint density at radius 1 is 1.21 bits per heavy atom. The Bertz CT molecular complexity index is 916. The zero-order valence-electron chi connectivity index (χ0n) is 16.3. The van der Waals surface area contributed by atoms with Crippen molar-refractivity contribution >= 4 is 5.91 Å². The summed E-state index contributed by atoms with van der Waals surface area (Å²) in [7, 11) is 0. The molecule has 1 aliphatic carbocycles. The maximum atomic E-state index is 13.2. The highest BCUT2D eigenvalue weighted by atomic mass is 16.4. The van der Waals surface area contributed by atoms with Crippen LogP contribution in [0.2, 0.25) is 0 Å². The fraction of sp³-hybridized carbons (Fsp3) is 0.478. The van der Waals surface area contributed by atoms with Crippen LogP contribution in [-0.2, 0) is 12.8 Å². The van der Waals surface area contributed by atoms with Gasteiger partial charge in [-0.2, -0.15) is 0 Å². The molecule has 1 spiro atoms. The summed E-state index contributed by atoms with van der Waals surface area (Å²) in [5.41, 5.74) is 0.879. The molecule has 1 aromatic carbocycles. The molecule has 2 heterocycles. The minimum Gasteiger partial charge on any atom is -0.427 e. The Labute approximate surface area is 165 Å². The van der Waals surface area contributed by atoms with Crippen LogP contribution in [0.15, 0.2) is 45.6 Å². The van der Waals surface area contributed by atoms with E-state index < -0.39 is 17.3 Å². The maximum absolute atomic E-state index is 13.2. The van der Waals surface area contributed by atoms with Crippen LogP contribution >= 0.6 is 0 Å². The third-order valence-corrected chi connectivity index (χ3v) is 6.40. The van der Waals surface area contributed by atoms with E-state index in [0.29, 0.717) is 24.3 Å². The van der Waals surface area contributed by atoms with Gasteiger partial charge in [0.1, 0.15) is 11.3 Å².